The van der Waals surface area contributed by atoms with Gasteiger partial charge in [-0.1, -0.05) is 41.5 Å². The lowest BCUT2D eigenvalue weighted by Gasteiger charge is -2.32. The lowest BCUT2D eigenvalue weighted by Crippen LogP contribution is -2.30. The van der Waals surface area contributed by atoms with Crippen LogP contribution < -0.4 is 26.1 Å². The molecule has 0 spiro atoms. The van der Waals surface area contributed by atoms with Crippen molar-refractivity contribution in [3.8, 4) is 11.5 Å². The molecule has 0 bridgehead atoms. The highest BCUT2D eigenvalue weighted by Gasteiger charge is 2.35. The summed E-state index contributed by atoms with van der Waals surface area (Å²) in [6, 6.07) is 0.768. The van der Waals surface area contributed by atoms with Crippen LogP contribution in [0.25, 0.3) is 21.8 Å². The number of carbonyl (C=O) groups is 2. The third kappa shape index (κ3) is 5.27. The number of anilines is 1. The van der Waals surface area contributed by atoms with E-state index < -0.39 is 50.8 Å². The Bertz CT molecular complexity index is 2140. The smallest absolute Gasteiger partial charge is 0.341 e. The number of halogens is 2. The molecule has 0 radical (unpaired) electrons. The number of aromatic carboxylic acids is 2. The van der Waals surface area contributed by atoms with Crippen molar-refractivity contribution in [3.05, 3.63) is 72.8 Å². The summed E-state index contributed by atoms with van der Waals surface area (Å²) in [5, 5.41) is 18.4. The first kappa shape index (κ1) is 33.4. The molecule has 2 atom stereocenters. The lowest BCUT2D eigenvalue weighted by atomic mass is 9.84. The zero-order valence-corrected chi connectivity index (χ0v) is 27.4. The molecule has 47 heavy (non-hydrogen) atoms. The van der Waals surface area contributed by atoms with Gasteiger partial charge in [0.05, 0.1) is 39.6 Å². The SMILES string of the molecule is C[C@H]1COc2c(C(C)(C)C)c(F)c(N)c3c(=O)c(C(=O)O)cn1c23.C[C@H]1COc2c(C(C)(C)C)c(F)cc3c(=O)c(C(=O)O)cn1c23. The molecule has 0 unspecified atom stereocenters. The number of nitrogens with two attached hydrogens (primary N) is 1. The zero-order chi connectivity index (χ0) is 35.1. The third-order valence-corrected chi connectivity index (χ3v) is 8.47. The Morgan fingerprint density at radius 2 is 1.26 bits per heavy atom. The number of hydrogen-bond donors (Lipinski definition) is 3. The van der Waals surface area contributed by atoms with Gasteiger partial charge in [-0.3, -0.25) is 9.59 Å². The Morgan fingerprint density at radius 3 is 1.72 bits per heavy atom. The second-order valence-electron chi connectivity index (χ2n) is 14.1. The minimum Gasteiger partial charge on any atom is -0.489 e. The van der Waals surface area contributed by atoms with Gasteiger partial charge in [0.15, 0.2) is 11.6 Å². The van der Waals surface area contributed by atoms with Crippen molar-refractivity contribution in [2.24, 2.45) is 0 Å². The summed E-state index contributed by atoms with van der Waals surface area (Å²) in [4.78, 5) is 47.7. The van der Waals surface area contributed by atoms with Gasteiger partial charge < -0.3 is 34.6 Å². The van der Waals surface area contributed by atoms with Crippen LogP contribution in [0.5, 0.6) is 11.5 Å². The summed E-state index contributed by atoms with van der Waals surface area (Å²) >= 11 is 0. The molecule has 2 aliphatic rings. The fourth-order valence-electron chi connectivity index (χ4n) is 6.25. The van der Waals surface area contributed by atoms with Gasteiger partial charge >= 0.3 is 11.9 Å². The highest BCUT2D eigenvalue weighted by Crippen LogP contribution is 2.45. The summed E-state index contributed by atoms with van der Waals surface area (Å²) in [5.74, 6) is -3.38. The van der Waals surface area contributed by atoms with Crippen molar-refractivity contribution in [1.29, 1.82) is 0 Å². The van der Waals surface area contributed by atoms with Crippen LogP contribution in [0.2, 0.25) is 0 Å². The minimum atomic E-state index is -1.37. The topological polar surface area (TPSA) is 163 Å². The largest absolute Gasteiger partial charge is 0.489 e. The van der Waals surface area contributed by atoms with Crippen LogP contribution in [0.15, 0.2) is 28.0 Å². The Labute approximate surface area is 268 Å². The van der Waals surface area contributed by atoms with Crippen LogP contribution in [-0.4, -0.2) is 44.5 Å². The van der Waals surface area contributed by atoms with Crippen molar-refractivity contribution in [2.75, 3.05) is 18.9 Å². The van der Waals surface area contributed by atoms with E-state index >= 15 is 0 Å². The molecule has 0 amide bonds. The Morgan fingerprint density at radius 1 is 0.809 bits per heavy atom. The standard InChI is InChI=1S/C17H19FN2O4.C17H18FNO4/c1-7-6-24-15-10(17(2,3)4)11(18)12(19)9-13(15)20(7)5-8(14(9)21)16(22)23;1-8-7-23-15-12(17(2,3)4)11(18)5-9-13(15)19(8)6-10(14(9)20)16(21)22/h5,7H,6,19H2,1-4H3,(H,22,23);5-6,8H,7H2,1-4H3,(H,21,22)/t7-;8-/m00/s1. The second-order valence-corrected chi connectivity index (χ2v) is 14.1. The number of carboxylic acid groups (broad SMARTS) is 2. The summed E-state index contributed by atoms with van der Waals surface area (Å²) in [6.45, 7) is 15.3. The van der Waals surface area contributed by atoms with Gasteiger partial charge in [-0.2, -0.15) is 0 Å². The number of rotatable bonds is 2. The normalized spacial score (nSPS) is 17.1. The van der Waals surface area contributed by atoms with Crippen LogP contribution >= 0.6 is 0 Å². The average Bonchev–Trinajstić information content (AvgIpc) is 2.94. The highest BCUT2D eigenvalue weighted by molar-refractivity contribution is 6.01. The number of nitrogen functional groups attached to an aromatic ring is 1. The molecule has 11 nitrogen and oxygen atoms in total. The van der Waals surface area contributed by atoms with E-state index in [1.807, 2.05) is 55.4 Å². The van der Waals surface area contributed by atoms with E-state index in [4.69, 9.17) is 15.2 Å². The molecule has 6 rings (SSSR count). The van der Waals surface area contributed by atoms with Crippen molar-refractivity contribution in [3.63, 3.8) is 0 Å². The van der Waals surface area contributed by atoms with E-state index in [-0.39, 0.29) is 58.6 Å². The summed E-state index contributed by atoms with van der Waals surface area (Å²) in [7, 11) is 0. The minimum absolute atomic E-state index is 0.0388. The van der Waals surface area contributed by atoms with Gasteiger partial charge in [-0.05, 0) is 30.7 Å². The molecule has 0 fully saturated rings. The summed E-state index contributed by atoms with van der Waals surface area (Å²) in [5.41, 5.74) is 3.67. The highest BCUT2D eigenvalue weighted by atomic mass is 19.1. The molecule has 2 aromatic carbocycles. The Balaban J connectivity index is 0.000000185. The number of hydrogen-bond acceptors (Lipinski definition) is 7. The number of ether oxygens (including phenoxy) is 2. The van der Waals surface area contributed by atoms with Crippen LogP contribution in [0.1, 0.15) is 99.3 Å². The quantitative estimate of drug-likeness (QED) is 0.228. The van der Waals surface area contributed by atoms with Gasteiger partial charge in [0.2, 0.25) is 10.9 Å². The first-order chi connectivity index (χ1) is 21.7. The Kier molecular flexibility index (Phi) is 7.89. The molecule has 0 saturated heterocycles. The van der Waals surface area contributed by atoms with Gasteiger partial charge in [-0.25, -0.2) is 18.4 Å². The van der Waals surface area contributed by atoms with Crippen LogP contribution in [0.3, 0.4) is 0 Å². The molecule has 4 heterocycles. The average molecular weight is 654 g/mol. The second kappa shape index (κ2) is 11.1. The molecule has 0 saturated carbocycles. The van der Waals surface area contributed by atoms with Gasteiger partial charge in [0.25, 0.3) is 0 Å². The first-order valence-corrected chi connectivity index (χ1v) is 15.0. The molecular weight excluding hydrogens is 616 g/mol. The zero-order valence-electron chi connectivity index (χ0n) is 27.4. The predicted octanol–water partition coefficient (Wildman–Crippen LogP) is 5.76. The predicted molar refractivity (Wildman–Crippen MR) is 172 cm³/mol. The van der Waals surface area contributed by atoms with Crippen LogP contribution in [0.4, 0.5) is 14.5 Å². The van der Waals surface area contributed by atoms with E-state index in [0.717, 1.165) is 6.07 Å². The fourth-order valence-corrected chi connectivity index (χ4v) is 6.25. The molecule has 4 N–H and O–H groups in total. The van der Waals surface area contributed by atoms with Gasteiger partial charge in [0.1, 0.15) is 35.9 Å². The monoisotopic (exact) mass is 653 g/mol. The number of pyridine rings is 2. The lowest BCUT2D eigenvalue weighted by molar-refractivity contribution is 0.0683. The van der Waals surface area contributed by atoms with E-state index in [0.29, 0.717) is 22.3 Å². The first-order valence-electron chi connectivity index (χ1n) is 15.0. The van der Waals surface area contributed by atoms with Crippen LogP contribution in [0, 0.1) is 11.6 Å². The van der Waals surface area contributed by atoms with Gasteiger partial charge in [-0.15, -0.1) is 0 Å². The molecule has 250 valence electrons. The maximum atomic E-state index is 14.9. The summed E-state index contributed by atoms with van der Waals surface area (Å²) < 4.78 is 44.4. The third-order valence-electron chi connectivity index (χ3n) is 8.47. The van der Waals surface area contributed by atoms with E-state index in [1.165, 1.54) is 12.4 Å². The maximum Gasteiger partial charge on any atom is 0.341 e. The van der Waals surface area contributed by atoms with Crippen LogP contribution in [-0.2, 0) is 10.8 Å². The fraction of sp³-hybridized carbons (Fsp3) is 0.412. The molecule has 0 aliphatic carbocycles. The van der Waals surface area contributed by atoms with E-state index in [9.17, 15) is 38.2 Å². The number of aromatic nitrogens is 2. The van der Waals surface area contributed by atoms with Gasteiger partial charge in [0, 0.05) is 23.5 Å². The number of carboxylic acids is 2. The molecule has 2 aliphatic heterocycles. The van der Waals surface area contributed by atoms with Crippen molar-refractivity contribution in [2.45, 2.75) is 78.3 Å². The van der Waals surface area contributed by atoms with E-state index in [1.54, 1.807) is 9.13 Å². The molecular formula is C34H37F2N3O8. The molecule has 13 heteroatoms. The molecule has 2 aromatic heterocycles. The van der Waals surface area contributed by atoms with E-state index in [2.05, 4.69) is 0 Å². The number of nitrogens with zero attached hydrogens (tertiary/aromatic N) is 2. The maximum absolute atomic E-state index is 14.9. The Hall–Kier alpha value is -4.94. The van der Waals surface area contributed by atoms with Crippen molar-refractivity contribution < 1.29 is 38.1 Å². The summed E-state index contributed by atoms with van der Waals surface area (Å²) in [6.07, 6.45) is 2.61. The molecule has 4 aromatic rings. The van der Waals surface area contributed by atoms with Crippen molar-refractivity contribution >= 4 is 39.4 Å². The number of benzene rings is 2. The van der Waals surface area contributed by atoms with Crippen molar-refractivity contribution in [1.82, 2.24) is 9.13 Å².